The van der Waals surface area contributed by atoms with E-state index >= 15 is 0 Å². The van der Waals surface area contributed by atoms with Gasteiger partial charge in [0.2, 0.25) is 0 Å². The molecule has 1 amide bonds. The Labute approximate surface area is 193 Å². The molecule has 0 atom stereocenters. The van der Waals surface area contributed by atoms with Gasteiger partial charge >= 0.3 is 6.09 Å². The van der Waals surface area contributed by atoms with Crippen molar-refractivity contribution in [1.82, 2.24) is 25.5 Å². The van der Waals surface area contributed by atoms with Crippen molar-refractivity contribution in [3.8, 4) is 28.8 Å². The van der Waals surface area contributed by atoms with Gasteiger partial charge in [0.15, 0.2) is 11.5 Å². The average molecular weight is 470 g/mol. The minimum atomic E-state index is -1.06. The second-order valence-corrected chi connectivity index (χ2v) is 8.06. The van der Waals surface area contributed by atoms with Crippen LogP contribution < -0.4 is 20.1 Å². The second-order valence-electron chi connectivity index (χ2n) is 7.62. The molecule has 0 radical (unpaired) electrons. The molecular formula is C21H20ClN7O4. The first kappa shape index (κ1) is 22.2. The van der Waals surface area contributed by atoms with Crippen LogP contribution >= 0.6 is 11.6 Å². The smallest absolute Gasteiger partial charge is 0.404 e. The zero-order valence-electron chi connectivity index (χ0n) is 17.6. The number of H-pyrrole nitrogens is 1. The van der Waals surface area contributed by atoms with Crippen LogP contribution in [-0.4, -0.2) is 51.6 Å². The number of rotatable bonds is 9. The van der Waals surface area contributed by atoms with Crippen LogP contribution in [0.4, 0.5) is 16.4 Å². The number of halogens is 1. The SMILES string of the molecule is COc1cc(Cl)cc(OCC2(CNC(=O)O)CC2)c1-c1cc(Nc2cnc(C#N)cn2)n[nH]1. The zero-order chi connectivity index (χ0) is 23.4. The van der Waals surface area contributed by atoms with E-state index in [0.717, 1.165) is 12.8 Å². The Kier molecular flexibility index (Phi) is 6.19. The maximum Gasteiger partial charge on any atom is 0.404 e. The van der Waals surface area contributed by atoms with Gasteiger partial charge in [0.25, 0.3) is 0 Å². The van der Waals surface area contributed by atoms with Gasteiger partial charge in [-0.05, 0) is 25.0 Å². The van der Waals surface area contributed by atoms with E-state index in [9.17, 15) is 4.79 Å². The molecular weight excluding hydrogens is 450 g/mol. The average Bonchev–Trinajstić information content (AvgIpc) is 3.45. The number of hydrogen-bond donors (Lipinski definition) is 4. The molecule has 0 bridgehead atoms. The van der Waals surface area contributed by atoms with E-state index in [1.165, 1.54) is 19.5 Å². The molecule has 2 aromatic heterocycles. The number of nitrogens with one attached hydrogen (secondary N) is 3. The fourth-order valence-electron chi connectivity index (χ4n) is 3.24. The molecule has 0 saturated heterocycles. The van der Waals surface area contributed by atoms with E-state index in [2.05, 4.69) is 30.8 Å². The summed E-state index contributed by atoms with van der Waals surface area (Å²) in [4.78, 5) is 18.9. The monoisotopic (exact) mass is 469 g/mol. The van der Waals surface area contributed by atoms with Crippen molar-refractivity contribution in [2.75, 3.05) is 25.6 Å². The van der Waals surface area contributed by atoms with Gasteiger partial charge in [-0.15, -0.1) is 0 Å². The highest BCUT2D eigenvalue weighted by Crippen LogP contribution is 2.47. The van der Waals surface area contributed by atoms with Crippen LogP contribution in [0.1, 0.15) is 18.5 Å². The zero-order valence-corrected chi connectivity index (χ0v) is 18.3. The number of methoxy groups -OCH3 is 1. The summed E-state index contributed by atoms with van der Waals surface area (Å²) < 4.78 is 11.6. The second kappa shape index (κ2) is 9.22. The van der Waals surface area contributed by atoms with E-state index in [4.69, 9.17) is 31.4 Å². The maximum atomic E-state index is 10.9. The molecule has 0 aliphatic heterocycles. The third-order valence-corrected chi connectivity index (χ3v) is 5.44. The Bertz CT molecular complexity index is 1200. The molecule has 1 saturated carbocycles. The minimum absolute atomic E-state index is 0.211. The van der Waals surface area contributed by atoms with E-state index in [1.54, 1.807) is 18.2 Å². The van der Waals surface area contributed by atoms with Crippen LogP contribution in [0.5, 0.6) is 11.5 Å². The lowest BCUT2D eigenvalue weighted by Crippen LogP contribution is -2.32. The van der Waals surface area contributed by atoms with Gasteiger partial charge in [0.1, 0.15) is 23.4 Å². The van der Waals surface area contributed by atoms with Crippen molar-refractivity contribution in [3.05, 3.63) is 41.3 Å². The molecule has 11 nitrogen and oxygen atoms in total. The summed E-state index contributed by atoms with van der Waals surface area (Å²) in [7, 11) is 1.53. The van der Waals surface area contributed by atoms with Crippen molar-refractivity contribution in [2.45, 2.75) is 12.8 Å². The normalized spacial score (nSPS) is 13.6. The molecule has 1 aromatic carbocycles. The number of carbonyl (C=O) groups is 1. The Morgan fingerprint density at radius 2 is 2.06 bits per heavy atom. The summed E-state index contributed by atoms with van der Waals surface area (Å²) in [5, 5.41) is 30.8. The third kappa shape index (κ3) is 5.24. The fraction of sp³-hybridized carbons (Fsp3) is 0.286. The molecule has 33 heavy (non-hydrogen) atoms. The van der Waals surface area contributed by atoms with E-state index in [1.807, 2.05) is 6.07 Å². The van der Waals surface area contributed by atoms with Crippen molar-refractivity contribution in [1.29, 1.82) is 5.26 Å². The van der Waals surface area contributed by atoms with Gasteiger partial charge in [-0.1, -0.05) is 11.6 Å². The van der Waals surface area contributed by atoms with E-state index < -0.39 is 6.09 Å². The van der Waals surface area contributed by atoms with Gasteiger partial charge in [0, 0.05) is 23.0 Å². The highest BCUT2D eigenvalue weighted by Gasteiger charge is 2.44. The molecule has 1 aliphatic rings. The summed E-state index contributed by atoms with van der Waals surface area (Å²) in [6, 6.07) is 7.01. The number of anilines is 2. The largest absolute Gasteiger partial charge is 0.496 e. The summed E-state index contributed by atoms with van der Waals surface area (Å²) in [5.74, 6) is 1.86. The standard InChI is InChI=1S/C21H20ClN7O4/c1-32-15-4-12(22)5-16(33-11-21(2-3-21)10-26-20(30)31)19(15)14-6-17(29-28-14)27-18-9-24-13(7-23)8-25-18/h4-6,8-9,26H,2-3,10-11H2,1H3,(H,30,31)(H2,25,27,28,29). The van der Waals surface area contributed by atoms with Crippen molar-refractivity contribution in [3.63, 3.8) is 0 Å². The number of nitriles is 1. The predicted molar refractivity (Wildman–Crippen MR) is 119 cm³/mol. The highest BCUT2D eigenvalue weighted by atomic mass is 35.5. The van der Waals surface area contributed by atoms with Gasteiger partial charge < -0.3 is 25.2 Å². The maximum absolute atomic E-state index is 10.9. The van der Waals surface area contributed by atoms with Crippen LogP contribution in [0.25, 0.3) is 11.3 Å². The molecule has 170 valence electrons. The molecule has 1 fully saturated rings. The summed E-state index contributed by atoms with van der Waals surface area (Å²) in [5.41, 5.74) is 1.20. The number of aromatic nitrogens is 4. The predicted octanol–water partition coefficient (Wildman–Crippen LogP) is 3.57. The van der Waals surface area contributed by atoms with Gasteiger partial charge in [-0.25, -0.2) is 14.8 Å². The Balaban J connectivity index is 1.56. The molecule has 0 spiro atoms. The topological polar surface area (TPSA) is 158 Å². The van der Waals surface area contributed by atoms with E-state index in [-0.39, 0.29) is 11.1 Å². The molecule has 4 N–H and O–H groups in total. The summed E-state index contributed by atoms with van der Waals surface area (Å²) in [6.45, 7) is 0.642. The summed E-state index contributed by atoms with van der Waals surface area (Å²) in [6.07, 6.45) is 3.46. The molecule has 2 heterocycles. The number of aromatic amines is 1. The number of carboxylic acid groups (broad SMARTS) is 1. The number of amides is 1. The first-order valence-corrected chi connectivity index (χ1v) is 10.3. The Morgan fingerprint density at radius 1 is 1.27 bits per heavy atom. The number of hydrogen-bond acceptors (Lipinski definition) is 8. The number of benzene rings is 1. The minimum Gasteiger partial charge on any atom is -0.496 e. The lowest BCUT2D eigenvalue weighted by molar-refractivity contribution is 0.184. The first-order valence-electron chi connectivity index (χ1n) is 9.93. The highest BCUT2D eigenvalue weighted by molar-refractivity contribution is 6.31. The van der Waals surface area contributed by atoms with Crippen LogP contribution in [0.2, 0.25) is 5.02 Å². The Morgan fingerprint density at radius 3 is 2.70 bits per heavy atom. The lowest BCUT2D eigenvalue weighted by atomic mass is 10.1. The van der Waals surface area contributed by atoms with Gasteiger partial charge in [0.05, 0.1) is 37.4 Å². The van der Waals surface area contributed by atoms with E-state index in [0.29, 0.717) is 52.6 Å². The first-order chi connectivity index (χ1) is 15.9. The van der Waals surface area contributed by atoms with Crippen LogP contribution in [0.3, 0.4) is 0 Å². The van der Waals surface area contributed by atoms with Gasteiger partial charge in [-0.2, -0.15) is 10.4 Å². The molecule has 3 aromatic rings. The van der Waals surface area contributed by atoms with Crippen molar-refractivity contribution in [2.24, 2.45) is 5.41 Å². The molecule has 0 unspecified atom stereocenters. The molecule has 1 aliphatic carbocycles. The molecule has 12 heteroatoms. The molecule has 4 rings (SSSR count). The van der Waals surface area contributed by atoms with Crippen LogP contribution in [-0.2, 0) is 0 Å². The Hall–Kier alpha value is -4.04. The lowest BCUT2D eigenvalue weighted by Gasteiger charge is -2.19. The number of ether oxygens (including phenoxy) is 2. The third-order valence-electron chi connectivity index (χ3n) is 5.23. The quantitative estimate of drug-likeness (QED) is 0.367. The van der Waals surface area contributed by atoms with Gasteiger partial charge in [-0.3, -0.25) is 5.10 Å². The van der Waals surface area contributed by atoms with Crippen LogP contribution in [0, 0.1) is 16.7 Å². The van der Waals surface area contributed by atoms with Crippen LogP contribution in [0.15, 0.2) is 30.6 Å². The summed E-state index contributed by atoms with van der Waals surface area (Å²) >= 11 is 6.27. The van der Waals surface area contributed by atoms with Crippen molar-refractivity contribution >= 4 is 29.3 Å². The van der Waals surface area contributed by atoms with Crippen molar-refractivity contribution < 1.29 is 19.4 Å². The number of nitrogens with zero attached hydrogens (tertiary/aromatic N) is 4. The fourth-order valence-corrected chi connectivity index (χ4v) is 3.43.